The molecule has 1 aromatic heterocycles. The van der Waals surface area contributed by atoms with Crippen molar-refractivity contribution in [1.82, 2.24) is 9.88 Å². The van der Waals surface area contributed by atoms with Crippen LogP contribution in [0.2, 0.25) is 0 Å². The first-order valence-corrected chi connectivity index (χ1v) is 9.69. The lowest BCUT2D eigenvalue weighted by molar-refractivity contribution is 0.0968. The molecule has 3 aromatic rings. The topological polar surface area (TPSA) is 49.2 Å². The third-order valence-corrected chi connectivity index (χ3v) is 5.13. The van der Waals surface area contributed by atoms with Gasteiger partial charge in [0.15, 0.2) is 0 Å². The molecule has 1 aliphatic heterocycles. The van der Waals surface area contributed by atoms with Gasteiger partial charge in [-0.3, -0.25) is 9.88 Å². The normalized spacial score (nSPS) is 15.1. The summed E-state index contributed by atoms with van der Waals surface area (Å²) >= 11 is 0. The van der Waals surface area contributed by atoms with Gasteiger partial charge >= 0.3 is 0 Å². The third kappa shape index (κ3) is 4.57. The Morgan fingerprint density at radius 1 is 1.00 bits per heavy atom. The number of hydrogen-bond acceptors (Lipinski definition) is 4. The molecular formula is C24H23N3O. The second-order valence-electron chi connectivity index (χ2n) is 7.18. The minimum absolute atomic E-state index is 0.242. The van der Waals surface area contributed by atoms with Gasteiger partial charge in [0.05, 0.1) is 11.6 Å². The number of aromatic nitrogens is 1. The molecule has 140 valence electrons. The van der Waals surface area contributed by atoms with Crippen molar-refractivity contribution in [3.63, 3.8) is 0 Å². The summed E-state index contributed by atoms with van der Waals surface area (Å²) in [4.78, 5) is 6.63. The fraction of sp³-hybridized carbons (Fsp3) is 0.250. The van der Waals surface area contributed by atoms with Crippen LogP contribution < -0.4 is 4.74 Å². The first-order chi connectivity index (χ1) is 13.8. The van der Waals surface area contributed by atoms with Crippen molar-refractivity contribution >= 4 is 0 Å². The Labute approximate surface area is 166 Å². The molecule has 0 radical (unpaired) electrons. The Morgan fingerprint density at radius 3 is 2.61 bits per heavy atom. The summed E-state index contributed by atoms with van der Waals surface area (Å²) in [5.41, 5.74) is 4.15. The second-order valence-corrected chi connectivity index (χ2v) is 7.18. The molecule has 28 heavy (non-hydrogen) atoms. The molecule has 1 fully saturated rings. The number of ether oxygens (including phenoxy) is 1. The number of rotatable bonds is 5. The van der Waals surface area contributed by atoms with Gasteiger partial charge in [-0.15, -0.1) is 0 Å². The Kier molecular flexibility index (Phi) is 5.65. The van der Waals surface area contributed by atoms with Crippen LogP contribution in [0.3, 0.4) is 0 Å². The number of hydrogen-bond donors (Lipinski definition) is 0. The SMILES string of the molecule is N#Cc1cccc(CN2CCC(Oc3cccc(-c4cccnc4)c3)CC2)c1. The van der Waals surface area contributed by atoms with Crippen LogP contribution in [0, 0.1) is 11.3 Å². The van der Waals surface area contributed by atoms with E-state index in [2.05, 4.69) is 40.2 Å². The van der Waals surface area contributed by atoms with Gasteiger partial charge in [0.1, 0.15) is 11.9 Å². The first kappa shape index (κ1) is 18.2. The number of benzene rings is 2. The molecule has 4 rings (SSSR count). The highest BCUT2D eigenvalue weighted by Crippen LogP contribution is 2.26. The molecule has 0 atom stereocenters. The summed E-state index contributed by atoms with van der Waals surface area (Å²) in [7, 11) is 0. The largest absolute Gasteiger partial charge is 0.490 e. The van der Waals surface area contributed by atoms with Crippen molar-refractivity contribution in [2.75, 3.05) is 13.1 Å². The van der Waals surface area contributed by atoms with Crippen LogP contribution in [0.5, 0.6) is 5.75 Å². The molecule has 0 unspecified atom stereocenters. The summed E-state index contributed by atoms with van der Waals surface area (Å²) < 4.78 is 6.26. The van der Waals surface area contributed by atoms with Crippen LogP contribution >= 0.6 is 0 Å². The van der Waals surface area contributed by atoms with Gasteiger partial charge in [0, 0.05) is 37.6 Å². The van der Waals surface area contributed by atoms with Gasteiger partial charge in [-0.25, -0.2) is 0 Å². The summed E-state index contributed by atoms with van der Waals surface area (Å²) in [6.07, 6.45) is 5.92. The fourth-order valence-electron chi connectivity index (χ4n) is 3.66. The predicted octanol–water partition coefficient (Wildman–Crippen LogP) is 4.66. The zero-order chi connectivity index (χ0) is 19.2. The maximum absolute atomic E-state index is 9.05. The molecule has 4 heteroatoms. The molecule has 0 bridgehead atoms. The summed E-state index contributed by atoms with van der Waals surface area (Å²) in [5, 5.41) is 9.05. The highest BCUT2D eigenvalue weighted by atomic mass is 16.5. The molecule has 4 nitrogen and oxygen atoms in total. The van der Waals surface area contributed by atoms with Crippen LogP contribution in [-0.2, 0) is 6.54 Å². The van der Waals surface area contributed by atoms with Crippen molar-refractivity contribution < 1.29 is 4.74 Å². The maximum atomic E-state index is 9.05. The van der Waals surface area contributed by atoms with Gasteiger partial charge in [-0.05, 0) is 54.3 Å². The number of piperidine rings is 1. The summed E-state index contributed by atoms with van der Waals surface area (Å²) in [6.45, 7) is 2.90. The van der Waals surface area contributed by atoms with Crippen LogP contribution in [0.15, 0.2) is 73.1 Å². The molecule has 0 saturated carbocycles. The average molecular weight is 369 g/mol. The Balaban J connectivity index is 1.33. The second kappa shape index (κ2) is 8.69. The lowest BCUT2D eigenvalue weighted by Crippen LogP contribution is -2.37. The highest BCUT2D eigenvalue weighted by Gasteiger charge is 2.20. The van der Waals surface area contributed by atoms with E-state index in [1.54, 1.807) is 6.20 Å². The summed E-state index contributed by atoms with van der Waals surface area (Å²) in [6, 6.07) is 22.3. The van der Waals surface area contributed by atoms with Gasteiger partial charge < -0.3 is 4.74 Å². The van der Waals surface area contributed by atoms with Gasteiger partial charge in [-0.2, -0.15) is 5.26 Å². The molecule has 1 aliphatic rings. The first-order valence-electron chi connectivity index (χ1n) is 9.69. The zero-order valence-electron chi connectivity index (χ0n) is 15.8. The molecule has 2 heterocycles. The predicted molar refractivity (Wildman–Crippen MR) is 110 cm³/mol. The van der Waals surface area contributed by atoms with E-state index in [1.807, 2.05) is 42.6 Å². The zero-order valence-corrected chi connectivity index (χ0v) is 15.8. The molecule has 0 spiro atoms. The quantitative estimate of drug-likeness (QED) is 0.656. The Bertz CT molecular complexity index is 957. The van der Waals surface area contributed by atoms with E-state index in [4.69, 9.17) is 10.00 Å². The average Bonchev–Trinajstić information content (AvgIpc) is 2.76. The van der Waals surface area contributed by atoms with Crippen LogP contribution in [-0.4, -0.2) is 29.1 Å². The van der Waals surface area contributed by atoms with E-state index >= 15 is 0 Å². The van der Waals surface area contributed by atoms with E-state index in [0.717, 1.165) is 54.9 Å². The lowest BCUT2D eigenvalue weighted by Gasteiger charge is -2.32. The van der Waals surface area contributed by atoms with E-state index in [-0.39, 0.29) is 6.10 Å². The van der Waals surface area contributed by atoms with Crippen LogP contribution in [0.25, 0.3) is 11.1 Å². The lowest BCUT2D eigenvalue weighted by atomic mass is 10.1. The van der Waals surface area contributed by atoms with E-state index in [1.165, 1.54) is 5.56 Å². The van der Waals surface area contributed by atoms with Crippen molar-refractivity contribution in [3.05, 3.63) is 84.2 Å². The minimum Gasteiger partial charge on any atom is -0.490 e. The van der Waals surface area contributed by atoms with Crippen molar-refractivity contribution in [3.8, 4) is 22.9 Å². The monoisotopic (exact) mass is 369 g/mol. The van der Waals surface area contributed by atoms with Gasteiger partial charge in [0.2, 0.25) is 0 Å². The van der Waals surface area contributed by atoms with Crippen LogP contribution in [0.1, 0.15) is 24.0 Å². The highest BCUT2D eigenvalue weighted by molar-refractivity contribution is 5.63. The van der Waals surface area contributed by atoms with Crippen molar-refractivity contribution in [1.29, 1.82) is 5.26 Å². The van der Waals surface area contributed by atoms with E-state index in [0.29, 0.717) is 0 Å². The number of likely N-dealkylation sites (tertiary alicyclic amines) is 1. The number of nitrogens with zero attached hydrogens (tertiary/aromatic N) is 3. The van der Waals surface area contributed by atoms with Gasteiger partial charge in [-0.1, -0.05) is 30.3 Å². The molecular weight excluding hydrogens is 346 g/mol. The Morgan fingerprint density at radius 2 is 1.82 bits per heavy atom. The molecule has 0 aliphatic carbocycles. The molecule has 0 amide bonds. The van der Waals surface area contributed by atoms with Crippen LogP contribution in [0.4, 0.5) is 0 Å². The van der Waals surface area contributed by atoms with Crippen molar-refractivity contribution in [2.24, 2.45) is 0 Å². The smallest absolute Gasteiger partial charge is 0.120 e. The number of nitriles is 1. The van der Waals surface area contributed by atoms with Crippen molar-refractivity contribution in [2.45, 2.75) is 25.5 Å². The third-order valence-electron chi connectivity index (χ3n) is 5.13. The standard InChI is InChI=1S/C24H23N3O/c25-16-19-4-1-5-20(14-19)18-27-12-9-23(10-13-27)28-24-8-2-6-21(15-24)22-7-3-11-26-17-22/h1-8,11,14-15,17,23H,9-10,12-13,18H2. The van der Waals surface area contributed by atoms with Gasteiger partial charge in [0.25, 0.3) is 0 Å². The molecule has 0 N–H and O–H groups in total. The number of pyridine rings is 1. The van der Waals surface area contributed by atoms with E-state index in [9.17, 15) is 0 Å². The molecule has 1 saturated heterocycles. The summed E-state index contributed by atoms with van der Waals surface area (Å²) in [5.74, 6) is 0.918. The Hall–Kier alpha value is -3.16. The maximum Gasteiger partial charge on any atom is 0.120 e. The van der Waals surface area contributed by atoms with E-state index < -0.39 is 0 Å². The minimum atomic E-state index is 0.242. The molecule has 2 aromatic carbocycles. The fourth-order valence-corrected chi connectivity index (χ4v) is 3.66.